The average molecular weight is 267 g/mol. The van der Waals surface area contributed by atoms with Crippen LogP contribution in [-0.2, 0) is 15.1 Å². The Morgan fingerprint density at radius 3 is 2.58 bits per heavy atom. The van der Waals surface area contributed by atoms with Crippen molar-refractivity contribution in [1.82, 2.24) is 4.90 Å². The molecule has 4 nitrogen and oxygen atoms in total. The highest BCUT2D eigenvalue weighted by Gasteiger charge is 2.44. The van der Waals surface area contributed by atoms with Gasteiger partial charge in [0.1, 0.15) is 5.82 Å². The zero-order valence-electron chi connectivity index (χ0n) is 11.1. The molecule has 1 N–H and O–H groups in total. The molecule has 1 rings (SSSR count). The van der Waals surface area contributed by atoms with E-state index in [1.807, 2.05) is 6.92 Å². The SMILES string of the molecule is CCCN(C=O)C(CC)(C(=O)O)c1cccc(F)c1. The predicted molar refractivity (Wildman–Crippen MR) is 69.1 cm³/mol. The van der Waals surface area contributed by atoms with Gasteiger partial charge in [0.15, 0.2) is 5.54 Å². The maximum Gasteiger partial charge on any atom is 0.334 e. The number of carboxylic acid groups (broad SMARTS) is 1. The predicted octanol–water partition coefficient (Wildman–Crippen LogP) is 2.38. The maximum absolute atomic E-state index is 13.4. The number of aliphatic carboxylic acids is 1. The number of carbonyl (C=O) groups is 2. The van der Waals surface area contributed by atoms with Crippen molar-refractivity contribution < 1.29 is 19.1 Å². The molecule has 5 heteroatoms. The van der Waals surface area contributed by atoms with Crippen molar-refractivity contribution in [2.75, 3.05) is 6.54 Å². The molecule has 0 saturated carbocycles. The topological polar surface area (TPSA) is 57.6 Å². The molecule has 0 heterocycles. The van der Waals surface area contributed by atoms with E-state index >= 15 is 0 Å². The molecule has 0 spiro atoms. The molecule has 19 heavy (non-hydrogen) atoms. The Bertz CT molecular complexity index is 464. The van der Waals surface area contributed by atoms with Gasteiger partial charge in [-0.25, -0.2) is 9.18 Å². The highest BCUT2D eigenvalue weighted by atomic mass is 19.1. The van der Waals surface area contributed by atoms with Crippen LogP contribution in [0.1, 0.15) is 32.3 Å². The van der Waals surface area contributed by atoms with Gasteiger partial charge in [-0.1, -0.05) is 26.0 Å². The van der Waals surface area contributed by atoms with Gasteiger partial charge in [0.05, 0.1) is 0 Å². The summed E-state index contributed by atoms with van der Waals surface area (Å²) in [4.78, 5) is 24.2. The van der Waals surface area contributed by atoms with Crippen LogP contribution in [0.3, 0.4) is 0 Å². The molecule has 0 radical (unpaired) electrons. The van der Waals surface area contributed by atoms with Crippen LogP contribution in [0.5, 0.6) is 0 Å². The minimum Gasteiger partial charge on any atom is -0.479 e. The van der Waals surface area contributed by atoms with E-state index in [-0.39, 0.29) is 12.0 Å². The van der Waals surface area contributed by atoms with Crippen LogP contribution in [0.4, 0.5) is 4.39 Å². The van der Waals surface area contributed by atoms with E-state index < -0.39 is 17.3 Å². The summed E-state index contributed by atoms with van der Waals surface area (Å²) in [7, 11) is 0. The Labute approximate surface area is 111 Å². The number of carbonyl (C=O) groups excluding carboxylic acids is 1. The summed E-state index contributed by atoms with van der Waals surface area (Å²) >= 11 is 0. The van der Waals surface area contributed by atoms with Crippen molar-refractivity contribution in [1.29, 1.82) is 0 Å². The van der Waals surface area contributed by atoms with Crippen molar-refractivity contribution in [3.05, 3.63) is 35.6 Å². The van der Waals surface area contributed by atoms with E-state index in [0.717, 1.165) is 0 Å². The van der Waals surface area contributed by atoms with E-state index in [1.165, 1.54) is 29.2 Å². The Balaban J connectivity index is 3.41. The number of amides is 1. The summed E-state index contributed by atoms with van der Waals surface area (Å²) in [6.45, 7) is 3.83. The van der Waals surface area contributed by atoms with Crippen LogP contribution in [0.15, 0.2) is 24.3 Å². The lowest BCUT2D eigenvalue weighted by molar-refractivity contribution is -0.156. The summed E-state index contributed by atoms with van der Waals surface area (Å²) < 4.78 is 13.4. The van der Waals surface area contributed by atoms with Gasteiger partial charge in [0.25, 0.3) is 0 Å². The van der Waals surface area contributed by atoms with Crippen LogP contribution in [0, 0.1) is 5.82 Å². The lowest BCUT2D eigenvalue weighted by atomic mass is 9.85. The lowest BCUT2D eigenvalue weighted by Gasteiger charge is -2.38. The summed E-state index contributed by atoms with van der Waals surface area (Å²) in [5.41, 5.74) is -1.23. The Kier molecular flexibility index (Phi) is 5.03. The van der Waals surface area contributed by atoms with Crippen LogP contribution in [0.25, 0.3) is 0 Å². The first kappa shape index (κ1) is 15.1. The number of nitrogens with zero attached hydrogens (tertiary/aromatic N) is 1. The summed E-state index contributed by atoms with van der Waals surface area (Å²) in [6.07, 6.45) is 1.32. The Morgan fingerprint density at radius 2 is 2.16 bits per heavy atom. The van der Waals surface area contributed by atoms with Gasteiger partial charge < -0.3 is 10.0 Å². The van der Waals surface area contributed by atoms with Gasteiger partial charge in [0, 0.05) is 6.54 Å². The molecule has 0 aliphatic rings. The van der Waals surface area contributed by atoms with Crippen molar-refractivity contribution in [2.45, 2.75) is 32.2 Å². The van der Waals surface area contributed by atoms with Crippen molar-refractivity contribution in [3.63, 3.8) is 0 Å². The van der Waals surface area contributed by atoms with Gasteiger partial charge >= 0.3 is 5.97 Å². The van der Waals surface area contributed by atoms with Gasteiger partial charge in [-0.05, 0) is 30.5 Å². The van der Waals surface area contributed by atoms with Crippen LogP contribution >= 0.6 is 0 Å². The number of carboxylic acids is 1. The number of halogens is 1. The van der Waals surface area contributed by atoms with E-state index in [4.69, 9.17) is 0 Å². The fraction of sp³-hybridized carbons (Fsp3) is 0.429. The standard InChI is InChI=1S/C14H18FNO3/c1-3-8-16(10-17)14(4-2,13(18)19)11-6-5-7-12(15)9-11/h5-7,9-10H,3-4,8H2,1-2H3,(H,18,19). The quantitative estimate of drug-likeness (QED) is 0.772. The minimum atomic E-state index is -1.51. The van der Waals surface area contributed by atoms with Crippen LogP contribution < -0.4 is 0 Å². The fourth-order valence-electron chi connectivity index (χ4n) is 2.29. The molecule has 1 aromatic rings. The molecule has 0 fully saturated rings. The average Bonchev–Trinajstić information content (AvgIpc) is 2.38. The Morgan fingerprint density at radius 1 is 1.47 bits per heavy atom. The molecule has 0 aliphatic carbocycles. The zero-order valence-corrected chi connectivity index (χ0v) is 11.1. The number of benzene rings is 1. The first-order chi connectivity index (χ1) is 9.02. The molecule has 1 aromatic carbocycles. The second-order valence-corrected chi connectivity index (χ2v) is 4.33. The molecular weight excluding hydrogens is 249 g/mol. The third kappa shape index (κ3) is 2.75. The van der Waals surface area contributed by atoms with Crippen LogP contribution in [-0.4, -0.2) is 28.9 Å². The molecule has 0 aromatic heterocycles. The van der Waals surface area contributed by atoms with Gasteiger partial charge in [0.2, 0.25) is 6.41 Å². The first-order valence-corrected chi connectivity index (χ1v) is 6.24. The summed E-state index contributed by atoms with van der Waals surface area (Å²) in [6, 6.07) is 5.40. The van der Waals surface area contributed by atoms with Gasteiger partial charge in [-0.15, -0.1) is 0 Å². The fourth-order valence-corrected chi connectivity index (χ4v) is 2.29. The lowest BCUT2D eigenvalue weighted by Crippen LogP contribution is -2.51. The Hall–Kier alpha value is -1.91. The zero-order chi connectivity index (χ0) is 14.5. The third-order valence-electron chi connectivity index (χ3n) is 3.25. The second kappa shape index (κ2) is 6.31. The van der Waals surface area contributed by atoms with Crippen molar-refractivity contribution >= 4 is 12.4 Å². The molecule has 1 amide bonds. The smallest absolute Gasteiger partial charge is 0.334 e. The molecule has 0 bridgehead atoms. The molecule has 1 unspecified atom stereocenters. The first-order valence-electron chi connectivity index (χ1n) is 6.24. The molecule has 0 saturated heterocycles. The monoisotopic (exact) mass is 267 g/mol. The molecule has 1 atom stereocenters. The number of rotatable bonds is 7. The second-order valence-electron chi connectivity index (χ2n) is 4.33. The summed E-state index contributed by atoms with van der Waals surface area (Å²) in [5, 5.41) is 9.57. The highest BCUT2D eigenvalue weighted by Crippen LogP contribution is 2.32. The largest absolute Gasteiger partial charge is 0.479 e. The van der Waals surface area contributed by atoms with Crippen molar-refractivity contribution in [3.8, 4) is 0 Å². The van der Waals surface area contributed by atoms with E-state index in [1.54, 1.807) is 6.92 Å². The minimum absolute atomic E-state index is 0.171. The van der Waals surface area contributed by atoms with Crippen molar-refractivity contribution in [2.24, 2.45) is 0 Å². The summed E-state index contributed by atoms with van der Waals surface area (Å²) in [5.74, 6) is -1.67. The third-order valence-corrected chi connectivity index (χ3v) is 3.25. The molecular formula is C14H18FNO3. The highest BCUT2D eigenvalue weighted by molar-refractivity contribution is 5.83. The van der Waals surface area contributed by atoms with E-state index in [0.29, 0.717) is 19.4 Å². The maximum atomic E-state index is 13.4. The van der Waals surface area contributed by atoms with E-state index in [9.17, 15) is 19.1 Å². The number of hydrogen-bond acceptors (Lipinski definition) is 2. The number of hydrogen-bond donors (Lipinski definition) is 1. The van der Waals surface area contributed by atoms with Gasteiger partial charge in [-0.3, -0.25) is 4.79 Å². The van der Waals surface area contributed by atoms with Gasteiger partial charge in [-0.2, -0.15) is 0 Å². The normalized spacial score (nSPS) is 13.6. The van der Waals surface area contributed by atoms with E-state index in [2.05, 4.69) is 0 Å². The molecule has 104 valence electrons. The van der Waals surface area contributed by atoms with Crippen LogP contribution in [0.2, 0.25) is 0 Å². The molecule has 0 aliphatic heterocycles.